The quantitative estimate of drug-likeness (QED) is 0.679. The largest absolute Gasteiger partial charge is 0.395 e. The number of hydrogen-bond donors (Lipinski definition) is 2. The molecule has 0 amide bonds. The van der Waals surface area contributed by atoms with E-state index in [0.29, 0.717) is 6.10 Å². The van der Waals surface area contributed by atoms with Gasteiger partial charge >= 0.3 is 0 Å². The van der Waals surface area contributed by atoms with Gasteiger partial charge in [-0.15, -0.1) is 0 Å². The molecule has 0 aromatic rings. The molecule has 90 valence electrons. The summed E-state index contributed by atoms with van der Waals surface area (Å²) in [5.41, 5.74) is 0. The van der Waals surface area contributed by atoms with Crippen LogP contribution in [0.25, 0.3) is 0 Å². The summed E-state index contributed by atoms with van der Waals surface area (Å²) < 4.78 is 5.81. The minimum absolute atomic E-state index is 0.207. The smallest absolute Gasteiger partial charge is 0.0585 e. The van der Waals surface area contributed by atoms with Crippen molar-refractivity contribution in [1.29, 1.82) is 0 Å². The van der Waals surface area contributed by atoms with Crippen molar-refractivity contribution in [3.63, 3.8) is 0 Å². The molecule has 1 atom stereocenters. The minimum atomic E-state index is 0.207. The van der Waals surface area contributed by atoms with Crippen molar-refractivity contribution in [2.45, 2.75) is 57.6 Å². The van der Waals surface area contributed by atoms with E-state index in [9.17, 15) is 0 Å². The molecule has 0 heterocycles. The zero-order chi connectivity index (χ0) is 10.9. The Kier molecular flexibility index (Phi) is 6.98. The summed E-state index contributed by atoms with van der Waals surface area (Å²) in [7, 11) is 0. The SMILES string of the molecule is CCNC(CO)CCOC1CCCCC1. The highest BCUT2D eigenvalue weighted by atomic mass is 16.5. The van der Waals surface area contributed by atoms with Gasteiger partial charge in [0, 0.05) is 12.6 Å². The zero-order valence-corrected chi connectivity index (χ0v) is 9.87. The van der Waals surface area contributed by atoms with Gasteiger partial charge in [0.2, 0.25) is 0 Å². The van der Waals surface area contributed by atoms with Crippen molar-refractivity contribution < 1.29 is 9.84 Å². The maximum atomic E-state index is 9.08. The molecule has 0 aliphatic heterocycles. The molecule has 1 fully saturated rings. The average Bonchev–Trinajstić information content (AvgIpc) is 2.29. The second-order valence-corrected chi connectivity index (χ2v) is 4.36. The maximum absolute atomic E-state index is 9.08. The van der Waals surface area contributed by atoms with E-state index in [2.05, 4.69) is 12.2 Å². The minimum Gasteiger partial charge on any atom is -0.395 e. The Labute approximate surface area is 93.2 Å². The second-order valence-electron chi connectivity index (χ2n) is 4.36. The van der Waals surface area contributed by atoms with Crippen molar-refractivity contribution in [3.05, 3.63) is 0 Å². The molecule has 2 N–H and O–H groups in total. The lowest BCUT2D eigenvalue weighted by Gasteiger charge is -2.23. The van der Waals surface area contributed by atoms with Crippen molar-refractivity contribution >= 4 is 0 Å². The van der Waals surface area contributed by atoms with E-state index in [1.807, 2.05) is 0 Å². The Balaban J connectivity index is 2.03. The van der Waals surface area contributed by atoms with Crippen LogP contribution in [0, 0.1) is 0 Å². The number of likely N-dealkylation sites (N-methyl/N-ethyl adjacent to an activating group) is 1. The molecular weight excluding hydrogens is 190 g/mol. The fourth-order valence-corrected chi connectivity index (χ4v) is 2.16. The van der Waals surface area contributed by atoms with E-state index in [1.54, 1.807) is 0 Å². The third-order valence-electron chi connectivity index (χ3n) is 3.09. The van der Waals surface area contributed by atoms with E-state index in [1.165, 1.54) is 32.1 Å². The van der Waals surface area contributed by atoms with E-state index in [-0.39, 0.29) is 12.6 Å². The molecule has 1 saturated carbocycles. The monoisotopic (exact) mass is 215 g/mol. The summed E-state index contributed by atoms with van der Waals surface area (Å²) in [5.74, 6) is 0. The fourth-order valence-electron chi connectivity index (χ4n) is 2.16. The van der Waals surface area contributed by atoms with Crippen LogP contribution in [0.15, 0.2) is 0 Å². The summed E-state index contributed by atoms with van der Waals surface area (Å²) in [6, 6.07) is 0.207. The van der Waals surface area contributed by atoms with Crippen molar-refractivity contribution in [3.8, 4) is 0 Å². The first-order valence-corrected chi connectivity index (χ1v) is 6.32. The van der Waals surface area contributed by atoms with Crippen LogP contribution in [-0.4, -0.2) is 37.0 Å². The number of aliphatic hydroxyl groups is 1. The van der Waals surface area contributed by atoms with E-state index < -0.39 is 0 Å². The van der Waals surface area contributed by atoms with Gasteiger partial charge in [-0.3, -0.25) is 0 Å². The molecule has 15 heavy (non-hydrogen) atoms. The number of hydrogen-bond acceptors (Lipinski definition) is 3. The van der Waals surface area contributed by atoms with Crippen molar-refractivity contribution in [2.24, 2.45) is 0 Å². The fraction of sp³-hybridized carbons (Fsp3) is 1.00. The molecule has 0 radical (unpaired) electrons. The lowest BCUT2D eigenvalue weighted by molar-refractivity contribution is 0.0209. The van der Waals surface area contributed by atoms with Crippen LogP contribution in [0.1, 0.15) is 45.4 Å². The Morgan fingerprint density at radius 2 is 2.07 bits per heavy atom. The number of nitrogens with one attached hydrogen (secondary N) is 1. The topological polar surface area (TPSA) is 41.5 Å². The Morgan fingerprint density at radius 1 is 1.33 bits per heavy atom. The van der Waals surface area contributed by atoms with Crippen molar-refractivity contribution in [2.75, 3.05) is 19.8 Å². The van der Waals surface area contributed by atoms with Gasteiger partial charge in [0.05, 0.1) is 12.7 Å². The zero-order valence-electron chi connectivity index (χ0n) is 9.87. The summed E-state index contributed by atoms with van der Waals surface area (Å²) in [5, 5.41) is 12.3. The first-order chi connectivity index (χ1) is 7.36. The van der Waals surface area contributed by atoms with Gasteiger partial charge in [0.15, 0.2) is 0 Å². The van der Waals surface area contributed by atoms with Crippen LogP contribution in [0.5, 0.6) is 0 Å². The molecule has 1 aliphatic carbocycles. The molecule has 0 saturated heterocycles. The summed E-state index contributed by atoms with van der Waals surface area (Å²) >= 11 is 0. The van der Waals surface area contributed by atoms with Crippen LogP contribution >= 0.6 is 0 Å². The van der Waals surface area contributed by atoms with Crippen LogP contribution in [0.3, 0.4) is 0 Å². The van der Waals surface area contributed by atoms with Gasteiger partial charge in [-0.25, -0.2) is 0 Å². The van der Waals surface area contributed by atoms with Crippen LogP contribution in [0.4, 0.5) is 0 Å². The molecular formula is C12H25NO2. The summed E-state index contributed by atoms with van der Waals surface area (Å²) in [6.45, 7) is 3.96. The predicted octanol–water partition coefficient (Wildman–Crippen LogP) is 1.70. The molecule has 3 nitrogen and oxygen atoms in total. The molecule has 0 aromatic heterocycles. The van der Waals surface area contributed by atoms with E-state index >= 15 is 0 Å². The highest BCUT2D eigenvalue weighted by Crippen LogP contribution is 2.20. The van der Waals surface area contributed by atoms with Crippen LogP contribution in [-0.2, 0) is 4.74 Å². The first-order valence-electron chi connectivity index (χ1n) is 6.32. The van der Waals surface area contributed by atoms with Crippen LogP contribution < -0.4 is 5.32 Å². The average molecular weight is 215 g/mol. The number of aliphatic hydroxyl groups excluding tert-OH is 1. The Hall–Kier alpha value is -0.120. The van der Waals surface area contributed by atoms with Gasteiger partial charge in [0.1, 0.15) is 0 Å². The lowest BCUT2D eigenvalue weighted by Crippen LogP contribution is -2.34. The highest BCUT2D eigenvalue weighted by molar-refractivity contribution is 4.67. The third kappa shape index (κ3) is 5.50. The molecule has 0 aromatic carbocycles. The Morgan fingerprint density at radius 3 is 2.67 bits per heavy atom. The molecule has 3 heteroatoms. The standard InChI is InChI=1S/C12H25NO2/c1-2-13-11(10-14)8-9-15-12-6-4-3-5-7-12/h11-14H,2-10H2,1H3. The first kappa shape index (κ1) is 12.9. The van der Waals surface area contributed by atoms with Crippen LogP contribution in [0.2, 0.25) is 0 Å². The Bertz CT molecular complexity index is 142. The van der Waals surface area contributed by atoms with Crippen molar-refractivity contribution in [1.82, 2.24) is 5.32 Å². The van der Waals surface area contributed by atoms with Gasteiger partial charge in [-0.2, -0.15) is 0 Å². The number of ether oxygens (including phenoxy) is 1. The maximum Gasteiger partial charge on any atom is 0.0585 e. The molecule has 1 aliphatic rings. The van der Waals surface area contributed by atoms with Gasteiger partial charge < -0.3 is 15.2 Å². The molecule has 1 unspecified atom stereocenters. The second kappa shape index (κ2) is 8.08. The summed E-state index contributed by atoms with van der Waals surface area (Å²) in [4.78, 5) is 0. The van der Waals surface area contributed by atoms with E-state index in [0.717, 1.165) is 19.6 Å². The predicted molar refractivity (Wildman–Crippen MR) is 62.0 cm³/mol. The molecule has 1 rings (SSSR count). The normalized spacial score (nSPS) is 20.4. The van der Waals surface area contributed by atoms with E-state index in [4.69, 9.17) is 9.84 Å². The lowest BCUT2D eigenvalue weighted by atomic mass is 9.98. The summed E-state index contributed by atoms with van der Waals surface area (Å²) in [6.07, 6.45) is 7.87. The van der Waals surface area contributed by atoms with Gasteiger partial charge in [0.25, 0.3) is 0 Å². The van der Waals surface area contributed by atoms with Gasteiger partial charge in [-0.05, 0) is 25.8 Å². The third-order valence-corrected chi connectivity index (χ3v) is 3.09. The molecule has 0 bridgehead atoms. The highest BCUT2D eigenvalue weighted by Gasteiger charge is 2.14. The van der Waals surface area contributed by atoms with Gasteiger partial charge in [-0.1, -0.05) is 26.2 Å². The number of rotatable bonds is 7. The molecule has 0 spiro atoms.